The summed E-state index contributed by atoms with van der Waals surface area (Å²) in [6.45, 7) is 12.6. The zero-order valence-corrected chi connectivity index (χ0v) is 24.7. The summed E-state index contributed by atoms with van der Waals surface area (Å²) in [7, 11) is 1.68. The Morgan fingerprint density at radius 3 is 1.46 bits per heavy atom. The maximum absolute atomic E-state index is 13.0. The van der Waals surface area contributed by atoms with Gasteiger partial charge in [-0.25, -0.2) is 0 Å². The Bertz CT molecular complexity index is 1340. The highest BCUT2D eigenvalue weighted by molar-refractivity contribution is 7.91. The van der Waals surface area contributed by atoms with Gasteiger partial charge in [0.1, 0.15) is 22.8 Å². The summed E-state index contributed by atoms with van der Waals surface area (Å²) in [5.74, 6) is 2.32. The van der Waals surface area contributed by atoms with Crippen LogP contribution in [0.2, 0.25) is 0 Å². The summed E-state index contributed by atoms with van der Waals surface area (Å²) < 4.78 is 30.4. The van der Waals surface area contributed by atoms with Crippen LogP contribution in [0.5, 0.6) is 17.2 Å². The van der Waals surface area contributed by atoms with Crippen LogP contribution in [-0.2, 0) is 21.3 Å². The second kappa shape index (κ2) is 11.9. The van der Waals surface area contributed by atoms with Crippen molar-refractivity contribution in [3.63, 3.8) is 0 Å². The molecule has 204 valence electrons. The van der Waals surface area contributed by atoms with Gasteiger partial charge in [0.15, 0.2) is 9.79 Å². The third kappa shape index (κ3) is 7.24. The Morgan fingerprint density at radius 1 is 0.615 bits per heavy atom. The monoisotopic (exact) mass is 542 g/mol. The summed E-state index contributed by atoms with van der Waals surface area (Å²) in [4.78, 5) is 1.48. The minimum Gasteiger partial charge on any atom is -0.606 e. The van der Waals surface area contributed by atoms with Crippen LogP contribution >= 0.6 is 0 Å². The van der Waals surface area contributed by atoms with Gasteiger partial charge in [0.05, 0.1) is 6.10 Å². The largest absolute Gasteiger partial charge is 0.606 e. The van der Waals surface area contributed by atoms with E-state index in [0.29, 0.717) is 5.75 Å². The standard InChI is InChI=1S/C34H38O4S/c1-24(36-7)25-8-20-31(21-9-25)39(35)32-22-18-29(19-23-32)37-28-14-10-26(11-15-28)34(5,6)27-12-16-30(17-13-27)38-33(2,3)4/h8-24H,1-7H3. The van der Waals surface area contributed by atoms with Crippen LogP contribution in [0.25, 0.3) is 0 Å². The lowest BCUT2D eigenvalue weighted by molar-refractivity contribution is 0.119. The molecule has 0 saturated heterocycles. The fraction of sp³-hybridized carbons (Fsp3) is 0.294. The topological polar surface area (TPSA) is 50.8 Å². The van der Waals surface area contributed by atoms with Crippen molar-refractivity contribution in [3.05, 3.63) is 114 Å². The van der Waals surface area contributed by atoms with Crippen molar-refractivity contribution < 1.29 is 18.8 Å². The van der Waals surface area contributed by atoms with Gasteiger partial charge in [-0.15, -0.1) is 0 Å². The fourth-order valence-electron chi connectivity index (χ4n) is 4.30. The number of benzene rings is 4. The molecule has 4 rings (SSSR count). The van der Waals surface area contributed by atoms with Gasteiger partial charge in [0.2, 0.25) is 0 Å². The van der Waals surface area contributed by atoms with Gasteiger partial charge in [-0.1, -0.05) is 50.2 Å². The zero-order chi connectivity index (χ0) is 28.2. The molecule has 2 unspecified atom stereocenters. The molecule has 0 amide bonds. The van der Waals surface area contributed by atoms with Crippen molar-refractivity contribution in [1.82, 2.24) is 0 Å². The molecule has 0 bridgehead atoms. The van der Waals surface area contributed by atoms with Crippen LogP contribution in [0.15, 0.2) is 107 Å². The molecule has 5 heteroatoms. The van der Waals surface area contributed by atoms with Gasteiger partial charge in [0.25, 0.3) is 0 Å². The molecule has 0 aromatic heterocycles. The number of methoxy groups -OCH3 is 1. The molecule has 0 fully saturated rings. The smallest absolute Gasteiger partial charge is 0.158 e. The van der Waals surface area contributed by atoms with Crippen LogP contribution in [-0.4, -0.2) is 17.3 Å². The molecule has 0 aliphatic heterocycles. The Balaban J connectivity index is 1.40. The van der Waals surface area contributed by atoms with E-state index in [0.717, 1.165) is 26.9 Å². The molecule has 4 nitrogen and oxygen atoms in total. The summed E-state index contributed by atoms with van der Waals surface area (Å²) in [5, 5.41) is 0. The zero-order valence-electron chi connectivity index (χ0n) is 23.9. The van der Waals surface area contributed by atoms with Crippen molar-refractivity contribution in [1.29, 1.82) is 0 Å². The maximum atomic E-state index is 13.0. The average Bonchev–Trinajstić information content (AvgIpc) is 2.92. The van der Waals surface area contributed by atoms with Crippen molar-refractivity contribution in [2.24, 2.45) is 0 Å². The lowest BCUT2D eigenvalue weighted by atomic mass is 9.78. The van der Waals surface area contributed by atoms with Crippen LogP contribution in [0.1, 0.15) is 64.3 Å². The first-order chi connectivity index (χ1) is 18.5. The summed E-state index contributed by atoms with van der Waals surface area (Å²) in [5.41, 5.74) is 3.06. The first kappa shape index (κ1) is 28.8. The normalized spacial score (nSPS) is 13.5. The lowest BCUT2D eigenvalue weighted by Gasteiger charge is -2.27. The minimum atomic E-state index is -1.27. The van der Waals surface area contributed by atoms with E-state index < -0.39 is 11.2 Å². The molecule has 4 aromatic rings. The van der Waals surface area contributed by atoms with Gasteiger partial charge in [-0.05, 0) is 105 Å². The van der Waals surface area contributed by atoms with Gasteiger partial charge < -0.3 is 18.8 Å². The van der Waals surface area contributed by atoms with Gasteiger partial charge >= 0.3 is 0 Å². The lowest BCUT2D eigenvalue weighted by Crippen LogP contribution is -2.23. The molecular formula is C34H38O4S. The number of rotatable bonds is 9. The highest BCUT2D eigenvalue weighted by Gasteiger charge is 2.24. The number of hydrogen-bond acceptors (Lipinski definition) is 4. The summed E-state index contributed by atoms with van der Waals surface area (Å²) >= 11 is -1.27. The third-order valence-electron chi connectivity index (χ3n) is 6.77. The van der Waals surface area contributed by atoms with Crippen molar-refractivity contribution in [2.75, 3.05) is 7.11 Å². The Hall–Kier alpha value is -3.25. The fourth-order valence-corrected chi connectivity index (χ4v) is 5.34. The highest BCUT2D eigenvalue weighted by Crippen LogP contribution is 2.35. The number of hydrogen-bond donors (Lipinski definition) is 0. The molecule has 0 radical (unpaired) electrons. The van der Waals surface area contributed by atoms with Gasteiger partial charge in [0, 0.05) is 23.7 Å². The first-order valence-electron chi connectivity index (χ1n) is 13.2. The second-order valence-corrected chi connectivity index (χ2v) is 12.7. The van der Waals surface area contributed by atoms with E-state index in [1.54, 1.807) is 7.11 Å². The van der Waals surface area contributed by atoms with E-state index in [-0.39, 0.29) is 17.1 Å². The summed E-state index contributed by atoms with van der Waals surface area (Å²) in [6, 6.07) is 31.6. The van der Waals surface area contributed by atoms with Crippen LogP contribution in [0, 0.1) is 0 Å². The van der Waals surface area contributed by atoms with E-state index in [1.165, 1.54) is 11.1 Å². The molecule has 4 aromatic carbocycles. The highest BCUT2D eigenvalue weighted by atomic mass is 32.2. The predicted molar refractivity (Wildman–Crippen MR) is 158 cm³/mol. The predicted octanol–water partition coefficient (Wildman–Crippen LogP) is 8.86. The van der Waals surface area contributed by atoms with Crippen LogP contribution in [0.4, 0.5) is 0 Å². The molecule has 39 heavy (non-hydrogen) atoms. The Labute approximate surface area is 236 Å². The first-order valence-corrected chi connectivity index (χ1v) is 14.3. The molecule has 0 heterocycles. The average molecular weight is 543 g/mol. The molecule has 0 aliphatic rings. The molecule has 0 spiro atoms. The van der Waals surface area contributed by atoms with Crippen molar-refractivity contribution in [3.8, 4) is 17.2 Å². The maximum Gasteiger partial charge on any atom is 0.158 e. The Kier molecular flexibility index (Phi) is 8.75. The van der Waals surface area contributed by atoms with Crippen molar-refractivity contribution in [2.45, 2.75) is 68.5 Å². The second-order valence-electron chi connectivity index (χ2n) is 11.2. The molecule has 2 atom stereocenters. The van der Waals surface area contributed by atoms with Crippen molar-refractivity contribution >= 4 is 11.2 Å². The van der Waals surface area contributed by atoms with Gasteiger partial charge in [-0.2, -0.15) is 0 Å². The minimum absolute atomic E-state index is 0.00379. The van der Waals surface area contributed by atoms with E-state index in [9.17, 15) is 4.55 Å². The Morgan fingerprint density at radius 2 is 1.03 bits per heavy atom. The van der Waals surface area contributed by atoms with E-state index in [2.05, 4.69) is 38.1 Å². The SMILES string of the molecule is COC(C)c1ccc([S+]([O-])c2ccc(Oc3ccc(C(C)(C)c4ccc(OC(C)(C)C)cc4)cc3)cc2)cc1. The van der Waals surface area contributed by atoms with Crippen LogP contribution in [0.3, 0.4) is 0 Å². The number of ether oxygens (including phenoxy) is 3. The molecule has 0 aliphatic carbocycles. The van der Waals surface area contributed by atoms with E-state index >= 15 is 0 Å². The van der Waals surface area contributed by atoms with Gasteiger partial charge in [-0.3, -0.25) is 0 Å². The van der Waals surface area contributed by atoms with E-state index in [1.807, 2.05) is 100 Å². The quantitative estimate of drug-likeness (QED) is 0.198. The molecular weight excluding hydrogens is 504 g/mol. The van der Waals surface area contributed by atoms with Crippen LogP contribution < -0.4 is 9.47 Å². The van der Waals surface area contributed by atoms with E-state index in [4.69, 9.17) is 14.2 Å². The molecule has 0 saturated carbocycles. The molecule has 0 N–H and O–H groups in total. The summed E-state index contributed by atoms with van der Waals surface area (Å²) in [6.07, 6.45) is 0.00379. The third-order valence-corrected chi connectivity index (χ3v) is 8.17.